The Labute approximate surface area is 274 Å². The zero-order valence-corrected chi connectivity index (χ0v) is 27.4. The van der Waals surface area contributed by atoms with E-state index in [2.05, 4.69) is 152 Å². The van der Waals surface area contributed by atoms with Gasteiger partial charge in [-0.25, -0.2) is 0 Å². The normalized spacial score (nSPS) is 14.0. The molecule has 2 heterocycles. The van der Waals surface area contributed by atoms with Crippen molar-refractivity contribution in [3.8, 4) is 28.0 Å². The second kappa shape index (κ2) is 15.0. The van der Waals surface area contributed by atoms with Gasteiger partial charge in [0.25, 0.3) is 5.52 Å². The number of allylic oxidation sites excluding steroid dienone is 4. The predicted molar refractivity (Wildman–Crippen MR) is 192 cm³/mol. The van der Waals surface area contributed by atoms with Gasteiger partial charge in [0.15, 0.2) is 12.3 Å². The smallest absolute Gasteiger partial charge is 0.374 e. The van der Waals surface area contributed by atoms with Crippen LogP contribution in [-0.4, -0.2) is 6.54 Å². The van der Waals surface area contributed by atoms with E-state index in [0.29, 0.717) is 0 Å². The number of hydrogen-bond acceptors (Lipinski definition) is 3. The first-order valence-electron chi connectivity index (χ1n) is 16.9. The molecule has 4 nitrogen and oxygen atoms in total. The highest BCUT2D eigenvalue weighted by atomic mass is 16.5. The maximum atomic E-state index is 6.41. The number of unbranched alkanes of at least 4 members (excludes halogenated alkanes) is 4. The molecule has 46 heavy (non-hydrogen) atoms. The Morgan fingerprint density at radius 3 is 2.13 bits per heavy atom. The summed E-state index contributed by atoms with van der Waals surface area (Å²) >= 11 is 0. The lowest BCUT2D eigenvalue weighted by Gasteiger charge is -2.18. The van der Waals surface area contributed by atoms with Gasteiger partial charge in [0.1, 0.15) is 0 Å². The summed E-state index contributed by atoms with van der Waals surface area (Å²) in [6, 6.07) is 34.1. The fourth-order valence-electron chi connectivity index (χ4n) is 6.03. The lowest BCUT2D eigenvalue weighted by Crippen LogP contribution is -2.35. The molecule has 0 spiro atoms. The van der Waals surface area contributed by atoms with Crippen LogP contribution in [0.25, 0.3) is 39.4 Å². The average molecular weight is 610 g/mol. The van der Waals surface area contributed by atoms with Crippen molar-refractivity contribution in [1.82, 2.24) is 0 Å². The van der Waals surface area contributed by atoms with E-state index in [0.717, 1.165) is 65.8 Å². The van der Waals surface area contributed by atoms with Crippen LogP contribution in [0.15, 0.2) is 131 Å². The quantitative estimate of drug-likeness (QED) is 0.0755. The summed E-state index contributed by atoms with van der Waals surface area (Å²) in [6.45, 7) is 8.47. The van der Waals surface area contributed by atoms with Gasteiger partial charge in [0, 0.05) is 19.0 Å². The first-order valence-corrected chi connectivity index (χ1v) is 16.9. The zero-order chi connectivity index (χ0) is 31.7. The lowest BCUT2D eigenvalue weighted by molar-refractivity contribution is -0.678. The first kappa shape index (κ1) is 31.2. The third-order valence-corrected chi connectivity index (χ3v) is 8.62. The molecular formula is C42H45N2O2+. The molecule has 0 N–H and O–H groups in total. The van der Waals surface area contributed by atoms with Crippen LogP contribution in [0.3, 0.4) is 0 Å². The molecule has 4 aromatic carbocycles. The summed E-state index contributed by atoms with van der Waals surface area (Å²) < 4.78 is 15.2. The van der Waals surface area contributed by atoms with Gasteiger partial charge < -0.3 is 14.1 Å². The largest absolute Gasteiger partial charge is 0.439 e. The molecule has 1 aliphatic heterocycles. The molecule has 0 bridgehead atoms. The van der Waals surface area contributed by atoms with Crippen molar-refractivity contribution in [3.63, 3.8) is 0 Å². The molecule has 0 radical (unpaired) electrons. The Morgan fingerprint density at radius 2 is 1.41 bits per heavy atom. The lowest BCUT2D eigenvalue weighted by atomic mass is 10.0. The second-order valence-corrected chi connectivity index (χ2v) is 12.1. The van der Waals surface area contributed by atoms with Crippen molar-refractivity contribution in [3.05, 3.63) is 133 Å². The molecular weight excluding hydrogens is 564 g/mol. The van der Waals surface area contributed by atoms with Crippen LogP contribution >= 0.6 is 0 Å². The summed E-state index contributed by atoms with van der Waals surface area (Å²) in [5, 5.41) is 0. The SMILES string of the molecule is CCCCCN1/C(=C/C=C(C)/C=C/c2oc3ccc(-c4ccccc4)cc3[n+]2CCCCC)Oc2ccc(-c3ccccc3)cc21. The Kier molecular flexibility index (Phi) is 10.1. The van der Waals surface area contributed by atoms with Gasteiger partial charge >= 0.3 is 5.89 Å². The van der Waals surface area contributed by atoms with Crippen molar-refractivity contribution in [2.45, 2.75) is 65.8 Å². The third-order valence-electron chi connectivity index (χ3n) is 8.62. The molecule has 0 saturated carbocycles. The Morgan fingerprint density at radius 1 is 0.739 bits per heavy atom. The molecule has 0 unspecified atom stereocenters. The average Bonchev–Trinajstić information content (AvgIpc) is 3.63. The van der Waals surface area contributed by atoms with Gasteiger partial charge in [0.2, 0.25) is 11.5 Å². The molecule has 1 aliphatic rings. The van der Waals surface area contributed by atoms with Crippen LogP contribution in [-0.2, 0) is 6.54 Å². The van der Waals surface area contributed by atoms with Gasteiger partial charge in [-0.15, -0.1) is 0 Å². The summed E-state index contributed by atoms with van der Waals surface area (Å²) in [6.07, 6.45) is 15.5. The van der Waals surface area contributed by atoms with E-state index >= 15 is 0 Å². The number of aryl methyl sites for hydroxylation is 1. The molecule has 0 saturated heterocycles. The fourth-order valence-corrected chi connectivity index (χ4v) is 6.03. The van der Waals surface area contributed by atoms with E-state index in [9.17, 15) is 0 Å². The van der Waals surface area contributed by atoms with Crippen LogP contribution in [0.4, 0.5) is 5.69 Å². The topological polar surface area (TPSA) is 29.5 Å². The number of benzene rings is 4. The van der Waals surface area contributed by atoms with E-state index in [1.807, 2.05) is 0 Å². The monoisotopic (exact) mass is 609 g/mol. The van der Waals surface area contributed by atoms with E-state index in [4.69, 9.17) is 9.15 Å². The summed E-state index contributed by atoms with van der Waals surface area (Å²) in [7, 11) is 0. The van der Waals surface area contributed by atoms with Crippen molar-refractivity contribution in [2.24, 2.45) is 0 Å². The number of fused-ring (bicyclic) bond motifs is 2. The van der Waals surface area contributed by atoms with Gasteiger partial charge in [-0.05, 0) is 72.4 Å². The van der Waals surface area contributed by atoms with Gasteiger partial charge in [-0.2, -0.15) is 4.57 Å². The number of hydrogen-bond donors (Lipinski definition) is 0. The minimum Gasteiger partial charge on any atom is -0.439 e. The van der Waals surface area contributed by atoms with Crippen molar-refractivity contribution >= 4 is 22.9 Å². The van der Waals surface area contributed by atoms with Crippen molar-refractivity contribution in [2.75, 3.05) is 11.4 Å². The van der Waals surface area contributed by atoms with Crippen LogP contribution in [0.1, 0.15) is 65.2 Å². The summed E-state index contributed by atoms with van der Waals surface area (Å²) in [4.78, 5) is 2.33. The van der Waals surface area contributed by atoms with E-state index in [-0.39, 0.29) is 0 Å². The highest BCUT2D eigenvalue weighted by Crippen LogP contribution is 2.42. The summed E-state index contributed by atoms with van der Waals surface area (Å²) in [5.74, 6) is 2.65. The van der Waals surface area contributed by atoms with Gasteiger partial charge in [0.05, 0.1) is 11.8 Å². The first-order chi connectivity index (χ1) is 22.6. The molecule has 0 aliphatic carbocycles. The number of aromatic nitrogens is 1. The highest BCUT2D eigenvalue weighted by molar-refractivity contribution is 5.79. The Hall–Kier alpha value is -4.83. The zero-order valence-electron chi connectivity index (χ0n) is 27.4. The molecule has 0 fully saturated rings. The standard InChI is InChI=1S/C42H45N2O2/c1-4-6-14-28-43-37-30-35(33-16-10-8-11-17-33)22-24-39(37)45-41(43)26-20-32(3)21-27-42-44(29-15-7-5-2)38-31-36(23-25-40(38)46-42)34-18-12-9-13-19-34/h8-13,16-27,30-31H,4-7,14-15,28-29H2,1-3H3/q+1. The maximum Gasteiger partial charge on any atom is 0.374 e. The minimum absolute atomic E-state index is 0.871. The van der Waals surface area contributed by atoms with E-state index in [1.54, 1.807) is 0 Å². The van der Waals surface area contributed by atoms with Crippen LogP contribution in [0.2, 0.25) is 0 Å². The fraction of sp³-hybridized carbons (Fsp3) is 0.262. The molecule has 6 rings (SSSR count). The number of oxazole rings is 1. The molecule has 5 aromatic rings. The Bertz CT molecular complexity index is 1850. The second-order valence-electron chi connectivity index (χ2n) is 12.1. The molecule has 0 amide bonds. The van der Waals surface area contributed by atoms with E-state index in [1.165, 1.54) is 47.9 Å². The van der Waals surface area contributed by atoms with Crippen molar-refractivity contribution < 1.29 is 13.7 Å². The van der Waals surface area contributed by atoms with Crippen molar-refractivity contribution in [1.29, 1.82) is 0 Å². The Balaban J connectivity index is 1.26. The van der Waals surface area contributed by atoms with Gasteiger partial charge in [-0.3, -0.25) is 0 Å². The molecule has 234 valence electrons. The maximum absolute atomic E-state index is 6.41. The highest BCUT2D eigenvalue weighted by Gasteiger charge is 2.26. The van der Waals surface area contributed by atoms with E-state index < -0.39 is 0 Å². The number of rotatable bonds is 13. The number of anilines is 1. The van der Waals surface area contributed by atoms with Crippen LogP contribution < -0.4 is 14.2 Å². The summed E-state index contributed by atoms with van der Waals surface area (Å²) in [5.41, 5.74) is 9.13. The molecule has 0 atom stereocenters. The molecule has 4 heteroatoms. The predicted octanol–water partition coefficient (Wildman–Crippen LogP) is 11.1. The number of ether oxygens (including phenoxy) is 1. The van der Waals surface area contributed by atoms with Crippen LogP contribution in [0, 0.1) is 0 Å². The minimum atomic E-state index is 0.871. The third kappa shape index (κ3) is 7.18. The van der Waals surface area contributed by atoms with Crippen LogP contribution in [0.5, 0.6) is 5.75 Å². The van der Waals surface area contributed by atoms with Gasteiger partial charge in [-0.1, -0.05) is 118 Å². The number of nitrogens with zero attached hydrogens (tertiary/aromatic N) is 2. The molecule has 1 aromatic heterocycles.